The van der Waals surface area contributed by atoms with Gasteiger partial charge in [0.25, 0.3) is 0 Å². The molecular weight excluding hydrogens is 350 g/mol. The number of hydrogen-bond donors (Lipinski definition) is 2. The molecule has 2 N–H and O–H groups in total. The summed E-state index contributed by atoms with van der Waals surface area (Å²) in [5.41, 5.74) is 4.15. The molecule has 0 spiro atoms. The van der Waals surface area contributed by atoms with Crippen molar-refractivity contribution in [3.63, 3.8) is 0 Å². The fourth-order valence-corrected chi connectivity index (χ4v) is 2.82. The molecule has 0 amide bonds. The molecule has 0 saturated carbocycles. The minimum absolute atomic E-state index is 0.471. The Hall–Kier alpha value is -3.93. The number of aromatic nitrogens is 3. The highest BCUT2D eigenvalue weighted by Gasteiger charge is 2.03. The van der Waals surface area contributed by atoms with E-state index in [1.54, 1.807) is 12.3 Å². The highest BCUT2D eigenvalue weighted by atomic mass is 16.5. The molecule has 0 atom stereocenters. The maximum absolute atomic E-state index is 11.3. The fourth-order valence-electron chi connectivity index (χ4n) is 2.82. The van der Waals surface area contributed by atoms with Gasteiger partial charge in [-0.15, -0.1) is 0 Å². The Morgan fingerprint density at radius 2 is 1.64 bits per heavy atom. The zero-order valence-electron chi connectivity index (χ0n) is 15.1. The number of rotatable bonds is 6. The van der Waals surface area contributed by atoms with Crippen LogP contribution in [0.3, 0.4) is 0 Å². The van der Waals surface area contributed by atoms with Crippen molar-refractivity contribution >= 4 is 17.5 Å². The molecule has 4 rings (SSSR count). The molecule has 2 aromatic carbocycles. The summed E-state index contributed by atoms with van der Waals surface area (Å²) in [6, 6.07) is 23.8. The Kier molecular flexibility index (Phi) is 5.11. The third-order valence-electron chi connectivity index (χ3n) is 4.21. The van der Waals surface area contributed by atoms with Crippen molar-refractivity contribution in [1.82, 2.24) is 9.97 Å². The van der Waals surface area contributed by atoms with Crippen LogP contribution in [0.25, 0.3) is 11.1 Å². The topological polar surface area (TPSA) is 76.8 Å². The Morgan fingerprint density at radius 1 is 0.857 bits per heavy atom. The monoisotopic (exact) mass is 369 g/mol. The van der Waals surface area contributed by atoms with E-state index in [0.29, 0.717) is 18.3 Å². The normalized spacial score (nSPS) is 10.4. The molecule has 0 unspecified atom stereocenters. The van der Waals surface area contributed by atoms with Crippen molar-refractivity contribution in [3.8, 4) is 11.1 Å². The van der Waals surface area contributed by atoms with Gasteiger partial charge in [-0.3, -0.25) is 0 Å². The van der Waals surface area contributed by atoms with E-state index >= 15 is 0 Å². The van der Waals surface area contributed by atoms with Crippen LogP contribution in [0.1, 0.15) is 5.56 Å². The number of hydrogen-bond acceptors (Lipinski definition) is 5. The maximum atomic E-state index is 11.3. The van der Waals surface area contributed by atoms with E-state index in [4.69, 9.17) is 0 Å². The van der Waals surface area contributed by atoms with Crippen molar-refractivity contribution < 1.29 is 4.73 Å². The highest BCUT2D eigenvalue weighted by molar-refractivity contribution is 5.67. The predicted molar refractivity (Wildman–Crippen MR) is 110 cm³/mol. The van der Waals surface area contributed by atoms with Crippen molar-refractivity contribution in [1.29, 1.82) is 0 Å². The second kappa shape index (κ2) is 8.18. The van der Waals surface area contributed by atoms with Crippen LogP contribution in [0.15, 0.2) is 91.4 Å². The molecule has 4 aromatic rings. The Morgan fingerprint density at radius 3 is 2.43 bits per heavy atom. The number of benzene rings is 2. The zero-order chi connectivity index (χ0) is 19.2. The standard InChI is InChI=1S/C22H19N5O/c28-27-14-4-5-17(16-27)15-24-22-23-13-12-21(26-22)25-20-10-8-19(9-11-20)18-6-2-1-3-7-18/h1-14,16H,15H2,(H2,23,24,25,26). The van der Waals surface area contributed by atoms with Gasteiger partial charge in [0.2, 0.25) is 5.95 Å². The molecule has 0 radical (unpaired) electrons. The largest absolute Gasteiger partial charge is 0.619 e. The Labute approximate surface area is 163 Å². The summed E-state index contributed by atoms with van der Waals surface area (Å²) >= 11 is 0. The third-order valence-corrected chi connectivity index (χ3v) is 4.21. The summed E-state index contributed by atoms with van der Waals surface area (Å²) in [7, 11) is 0. The van der Waals surface area contributed by atoms with Crippen LogP contribution in [0.5, 0.6) is 0 Å². The molecule has 138 valence electrons. The van der Waals surface area contributed by atoms with E-state index in [-0.39, 0.29) is 0 Å². The first-order chi connectivity index (χ1) is 13.8. The first kappa shape index (κ1) is 17.5. The third kappa shape index (κ3) is 4.42. The average Bonchev–Trinajstić information content (AvgIpc) is 2.74. The SMILES string of the molecule is [O-][n+]1cccc(CNc2nccc(Nc3ccc(-c4ccccc4)cc3)n2)c1. The van der Waals surface area contributed by atoms with Crippen LogP contribution < -0.4 is 15.4 Å². The number of nitrogens with zero attached hydrogens (tertiary/aromatic N) is 3. The van der Waals surface area contributed by atoms with Gasteiger partial charge in [-0.05, 0) is 35.4 Å². The molecule has 2 aromatic heterocycles. The molecule has 0 saturated heterocycles. The van der Waals surface area contributed by atoms with Gasteiger partial charge in [0.15, 0.2) is 12.4 Å². The summed E-state index contributed by atoms with van der Waals surface area (Å²) in [5.74, 6) is 1.18. The lowest BCUT2D eigenvalue weighted by Crippen LogP contribution is -2.25. The van der Waals surface area contributed by atoms with Gasteiger partial charge >= 0.3 is 0 Å². The zero-order valence-corrected chi connectivity index (χ0v) is 15.1. The van der Waals surface area contributed by atoms with Crippen LogP contribution in [-0.2, 0) is 6.54 Å². The average molecular weight is 369 g/mol. The molecule has 28 heavy (non-hydrogen) atoms. The van der Waals surface area contributed by atoms with Crippen molar-refractivity contribution in [2.24, 2.45) is 0 Å². The maximum Gasteiger partial charge on any atom is 0.224 e. The molecule has 0 aliphatic carbocycles. The van der Waals surface area contributed by atoms with Gasteiger partial charge in [0, 0.05) is 30.1 Å². The van der Waals surface area contributed by atoms with Crippen LogP contribution in [0.2, 0.25) is 0 Å². The number of nitrogens with one attached hydrogen (secondary N) is 2. The lowest BCUT2D eigenvalue weighted by Gasteiger charge is -2.09. The summed E-state index contributed by atoms with van der Waals surface area (Å²) in [6.07, 6.45) is 4.66. The van der Waals surface area contributed by atoms with Gasteiger partial charge in [-0.2, -0.15) is 9.71 Å². The van der Waals surface area contributed by atoms with Crippen LogP contribution in [0, 0.1) is 5.21 Å². The Bertz CT molecular complexity index is 1050. The van der Waals surface area contributed by atoms with E-state index < -0.39 is 0 Å². The molecule has 6 nitrogen and oxygen atoms in total. The van der Waals surface area contributed by atoms with E-state index in [9.17, 15) is 5.21 Å². The molecule has 0 bridgehead atoms. The number of anilines is 3. The Balaban J connectivity index is 1.42. The number of pyridine rings is 1. The minimum atomic E-state index is 0.471. The molecule has 2 heterocycles. The van der Waals surface area contributed by atoms with Crippen LogP contribution in [0.4, 0.5) is 17.5 Å². The quantitative estimate of drug-likeness (QED) is 0.395. The van der Waals surface area contributed by atoms with Gasteiger partial charge in [-0.1, -0.05) is 42.5 Å². The molecule has 6 heteroatoms. The minimum Gasteiger partial charge on any atom is -0.619 e. The van der Waals surface area contributed by atoms with Gasteiger partial charge in [0.05, 0.1) is 0 Å². The fraction of sp³-hybridized carbons (Fsp3) is 0.0455. The van der Waals surface area contributed by atoms with Crippen molar-refractivity contribution in [2.75, 3.05) is 10.6 Å². The van der Waals surface area contributed by atoms with Crippen LogP contribution >= 0.6 is 0 Å². The second-order valence-electron chi connectivity index (χ2n) is 6.26. The molecule has 0 aliphatic heterocycles. The van der Waals surface area contributed by atoms with Gasteiger partial charge < -0.3 is 15.8 Å². The van der Waals surface area contributed by atoms with E-state index in [2.05, 4.69) is 44.9 Å². The predicted octanol–water partition coefficient (Wildman–Crippen LogP) is 4.13. The van der Waals surface area contributed by atoms with Gasteiger partial charge in [-0.25, -0.2) is 4.98 Å². The molecule has 0 fully saturated rings. The lowest BCUT2D eigenvalue weighted by molar-refractivity contribution is -0.605. The summed E-state index contributed by atoms with van der Waals surface area (Å²) in [4.78, 5) is 8.69. The van der Waals surface area contributed by atoms with Gasteiger partial charge in [0.1, 0.15) is 5.82 Å². The second-order valence-corrected chi connectivity index (χ2v) is 6.26. The van der Waals surface area contributed by atoms with E-state index in [1.807, 2.05) is 42.5 Å². The first-order valence-corrected chi connectivity index (χ1v) is 8.93. The molecule has 0 aliphatic rings. The lowest BCUT2D eigenvalue weighted by atomic mass is 10.1. The summed E-state index contributed by atoms with van der Waals surface area (Å²) in [5, 5.41) is 17.7. The smallest absolute Gasteiger partial charge is 0.224 e. The first-order valence-electron chi connectivity index (χ1n) is 8.93. The van der Waals surface area contributed by atoms with Crippen molar-refractivity contribution in [3.05, 3.63) is 102 Å². The van der Waals surface area contributed by atoms with E-state index in [1.165, 1.54) is 18.0 Å². The van der Waals surface area contributed by atoms with Crippen molar-refractivity contribution in [2.45, 2.75) is 6.54 Å². The van der Waals surface area contributed by atoms with Crippen LogP contribution in [-0.4, -0.2) is 9.97 Å². The summed E-state index contributed by atoms with van der Waals surface area (Å²) in [6.45, 7) is 0.471. The molecular formula is C22H19N5O. The van der Waals surface area contributed by atoms with E-state index in [0.717, 1.165) is 21.5 Å². The highest BCUT2D eigenvalue weighted by Crippen LogP contribution is 2.22. The summed E-state index contributed by atoms with van der Waals surface area (Å²) < 4.78 is 0.773.